The zero-order valence-electron chi connectivity index (χ0n) is 11.5. The SMILES string of the molecule is CC1CCC(C(=O)Nc2ccnc(C(C)(C)O)c2)O1. The highest BCUT2D eigenvalue weighted by molar-refractivity contribution is 5.94. The van der Waals surface area contributed by atoms with Crippen molar-refractivity contribution in [3.05, 3.63) is 24.0 Å². The van der Waals surface area contributed by atoms with Crippen LogP contribution in [0.4, 0.5) is 5.69 Å². The van der Waals surface area contributed by atoms with E-state index in [2.05, 4.69) is 10.3 Å². The van der Waals surface area contributed by atoms with Crippen LogP contribution in [0.15, 0.2) is 18.3 Å². The Hall–Kier alpha value is -1.46. The summed E-state index contributed by atoms with van der Waals surface area (Å²) in [5.74, 6) is -0.141. The van der Waals surface area contributed by atoms with Crippen LogP contribution >= 0.6 is 0 Å². The predicted molar refractivity (Wildman–Crippen MR) is 71.7 cm³/mol. The third-order valence-corrected chi connectivity index (χ3v) is 3.18. The maximum atomic E-state index is 12.0. The zero-order valence-corrected chi connectivity index (χ0v) is 11.5. The molecule has 104 valence electrons. The quantitative estimate of drug-likeness (QED) is 0.873. The van der Waals surface area contributed by atoms with E-state index in [9.17, 15) is 9.90 Å². The Balaban J connectivity index is 2.05. The van der Waals surface area contributed by atoms with Gasteiger partial charge < -0.3 is 15.2 Å². The van der Waals surface area contributed by atoms with Gasteiger partial charge in [0.2, 0.25) is 0 Å². The summed E-state index contributed by atoms with van der Waals surface area (Å²) in [6.45, 7) is 5.28. The minimum atomic E-state index is -1.03. The van der Waals surface area contributed by atoms with Gasteiger partial charge >= 0.3 is 0 Å². The number of amides is 1. The third kappa shape index (κ3) is 3.52. The molecule has 1 aromatic rings. The van der Waals surface area contributed by atoms with Crippen molar-refractivity contribution in [2.75, 3.05) is 5.32 Å². The van der Waals surface area contributed by atoms with Crippen molar-refractivity contribution in [2.45, 2.75) is 51.4 Å². The van der Waals surface area contributed by atoms with E-state index in [1.54, 1.807) is 32.2 Å². The summed E-state index contributed by atoms with van der Waals surface area (Å²) >= 11 is 0. The van der Waals surface area contributed by atoms with E-state index < -0.39 is 5.60 Å². The first-order valence-electron chi connectivity index (χ1n) is 6.51. The number of nitrogens with zero attached hydrogens (tertiary/aromatic N) is 1. The maximum Gasteiger partial charge on any atom is 0.253 e. The van der Waals surface area contributed by atoms with E-state index in [0.717, 1.165) is 12.8 Å². The molecule has 0 saturated carbocycles. The number of aliphatic hydroxyl groups is 1. The molecule has 5 heteroatoms. The van der Waals surface area contributed by atoms with Crippen LogP contribution < -0.4 is 5.32 Å². The van der Waals surface area contributed by atoms with Crippen LogP contribution in [0.3, 0.4) is 0 Å². The fourth-order valence-electron chi connectivity index (χ4n) is 2.06. The first-order valence-corrected chi connectivity index (χ1v) is 6.51. The lowest BCUT2D eigenvalue weighted by atomic mass is 10.0. The molecule has 0 bridgehead atoms. The first kappa shape index (κ1) is 14.0. The molecule has 1 aromatic heterocycles. The molecule has 0 spiro atoms. The van der Waals surface area contributed by atoms with Gasteiger partial charge in [0.1, 0.15) is 11.7 Å². The molecule has 2 unspecified atom stereocenters. The lowest BCUT2D eigenvalue weighted by Crippen LogP contribution is -2.28. The highest BCUT2D eigenvalue weighted by Gasteiger charge is 2.28. The van der Waals surface area contributed by atoms with E-state index in [-0.39, 0.29) is 18.1 Å². The molecule has 1 saturated heterocycles. The monoisotopic (exact) mass is 264 g/mol. The van der Waals surface area contributed by atoms with Crippen LogP contribution in [0.5, 0.6) is 0 Å². The number of aromatic nitrogens is 1. The van der Waals surface area contributed by atoms with Crippen LogP contribution in [0.2, 0.25) is 0 Å². The molecule has 0 radical (unpaired) electrons. The number of anilines is 1. The van der Waals surface area contributed by atoms with Crippen LogP contribution in [0.25, 0.3) is 0 Å². The molecule has 0 aliphatic carbocycles. The number of carbonyl (C=O) groups excluding carboxylic acids is 1. The first-order chi connectivity index (χ1) is 8.86. The standard InChI is InChI=1S/C14H20N2O3/c1-9-4-5-11(19-9)13(17)16-10-6-7-15-12(8-10)14(2,3)18/h6-9,11,18H,4-5H2,1-3H3,(H,15,16,17). The van der Waals surface area contributed by atoms with Gasteiger partial charge in [0.05, 0.1) is 11.8 Å². The van der Waals surface area contributed by atoms with Crippen LogP contribution in [-0.2, 0) is 15.1 Å². The highest BCUT2D eigenvalue weighted by atomic mass is 16.5. The fourth-order valence-corrected chi connectivity index (χ4v) is 2.06. The Kier molecular flexibility index (Phi) is 3.87. The van der Waals surface area contributed by atoms with Crippen LogP contribution in [0, 0.1) is 0 Å². The van der Waals surface area contributed by atoms with Gasteiger partial charge in [-0.15, -0.1) is 0 Å². The summed E-state index contributed by atoms with van der Waals surface area (Å²) in [5, 5.41) is 12.7. The summed E-state index contributed by atoms with van der Waals surface area (Å²) in [6, 6.07) is 3.38. The van der Waals surface area contributed by atoms with E-state index in [0.29, 0.717) is 11.4 Å². The smallest absolute Gasteiger partial charge is 0.253 e. The van der Waals surface area contributed by atoms with Gasteiger partial charge in [-0.2, -0.15) is 0 Å². The number of hydrogen-bond donors (Lipinski definition) is 2. The van der Waals surface area contributed by atoms with Crippen molar-refractivity contribution < 1.29 is 14.6 Å². The van der Waals surface area contributed by atoms with Gasteiger partial charge in [-0.25, -0.2) is 0 Å². The fraction of sp³-hybridized carbons (Fsp3) is 0.571. The molecule has 1 aliphatic rings. The highest BCUT2D eigenvalue weighted by Crippen LogP contribution is 2.22. The van der Waals surface area contributed by atoms with Gasteiger partial charge in [0.25, 0.3) is 5.91 Å². The van der Waals surface area contributed by atoms with E-state index in [4.69, 9.17) is 4.74 Å². The normalized spacial score (nSPS) is 23.4. The molecule has 2 atom stereocenters. The number of carbonyl (C=O) groups is 1. The Morgan fingerprint density at radius 2 is 2.26 bits per heavy atom. The molecule has 5 nitrogen and oxygen atoms in total. The lowest BCUT2D eigenvalue weighted by molar-refractivity contribution is -0.126. The molecule has 19 heavy (non-hydrogen) atoms. The summed E-state index contributed by atoms with van der Waals surface area (Å²) in [7, 11) is 0. The van der Waals surface area contributed by atoms with Gasteiger partial charge in [-0.1, -0.05) is 0 Å². The molecule has 1 amide bonds. The van der Waals surface area contributed by atoms with E-state index in [1.807, 2.05) is 6.92 Å². The number of pyridine rings is 1. The number of rotatable bonds is 3. The average molecular weight is 264 g/mol. The molecule has 0 aromatic carbocycles. The molecule has 2 rings (SSSR count). The van der Waals surface area contributed by atoms with Crippen molar-refractivity contribution >= 4 is 11.6 Å². The molecular weight excluding hydrogens is 244 g/mol. The van der Waals surface area contributed by atoms with Gasteiger partial charge in [0.15, 0.2) is 0 Å². The Bertz CT molecular complexity index is 468. The summed E-state index contributed by atoms with van der Waals surface area (Å²) < 4.78 is 5.52. The zero-order chi connectivity index (χ0) is 14.0. The molecule has 2 heterocycles. The van der Waals surface area contributed by atoms with Gasteiger partial charge in [0, 0.05) is 11.9 Å². The minimum absolute atomic E-state index is 0.139. The molecule has 2 N–H and O–H groups in total. The van der Waals surface area contributed by atoms with E-state index >= 15 is 0 Å². The third-order valence-electron chi connectivity index (χ3n) is 3.18. The van der Waals surface area contributed by atoms with Crippen molar-refractivity contribution in [1.29, 1.82) is 0 Å². The second kappa shape index (κ2) is 5.27. The van der Waals surface area contributed by atoms with Crippen molar-refractivity contribution in [2.24, 2.45) is 0 Å². The van der Waals surface area contributed by atoms with Crippen molar-refractivity contribution in [1.82, 2.24) is 4.98 Å². The molecular formula is C14H20N2O3. The minimum Gasteiger partial charge on any atom is -0.384 e. The maximum absolute atomic E-state index is 12.0. The van der Waals surface area contributed by atoms with Crippen LogP contribution in [0.1, 0.15) is 39.3 Å². The Labute approximate surface area is 113 Å². The van der Waals surface area contributed by atoms with Crippen LogP contribution in [-0.4, -0.2) is 28.2 Å². The Morgan fingerprint density at radius 1 is 1.53 bits per heavy atom. The van der Waals surface area contributed by atoms with Gasteiger partial charge in [-0.3, -0.25) is 9.78 Å². The predicted octanol–water partition coefficient (Wildman–Crippen LogP) is 1.81. The summed E-state index contributed by atoms with van der Waals surface area (Å²) in [4.78, 5) is 16.1. The average Bonchev–Trinajstić information content (AvgIpc) is 2.75. The number of nitrogens with one attached hydrogen (secondary N) is 1. The van der Waals surface area contributed by atoms with E-state index in [1.165, 1.54) is 0 Å². The second-order valence-electron chi connectivity index (χ2n) is 5.49. The number of ether oxygens (including phenoxy) is 1. The summed E-state index contributed by atoms with van der Waals surface area (Å²) in [6.07, 6.45) is 2.98. The lowest BCUT2D eigenvalue weighted by Gasteiger charge is -2.18. The van der Waals surface area contributed by atoms with Crippen molar-refractivity contribution in [3.8, 4) is 0 Å². The topological polar surface area (TPSA) is 71.5 Å². The van der Waals surface area contributed by atoms with Crippen molar-refractivity contribution in [3.63, 3.8) is 0 Å². The summed E-state index contributed by atoms with van der Waals surface area (Å²) in [5.41, 5.74) is 0.116. The largest absolute Gasteiger partial charge is 0.384 e. The molecule has 1 fully saturated rings. The Morgan fingerprint density at radius 3 is 2.84 bits per heavy atom. The van der Waals surface area contributed by atoms with Gasteiger partial charge in [-0.05, 0) is 45.7 Å². The second-order valence-corrected chi connectivity index (χ2v) is 5.49. The molecule has 1 aliphatic heterocycles. The number of hydrogen-bond acceptors (Lipinski definition) is 4.